The SMILES string of the molecule is CSC1=C(C(=O)c2nc(C(=O)O)cc3c2[nH]c2ccc(O)cc23)[NH+](C)CN1C. The molecule has 0 spiro atoms. The lowest BCUT2D eigenvalue weighted by molar-refractivity contribution is -0.835. The number of quaternary nitrogens is 1. The highest BCUT2D eigenvalue weighted by atomic mass is 32.2. The standard InChI is InChI=1S/C19H18N4O4S/c1-22-8-23(2)18(28-3)16(22)17(25)15-14-11(7-13(21-15)19(26)27)10-6-9(24)4-5-12(10)20-14/h4-7,20,24H,8H2,1-3H3,(H,26,27)/p+1. The predicted molar refractivity (Wildman–Crippen MR) is 107 cm³/mol. The number of thioether (sulfide) groups is 1. The number of likely N-dealkylation sites (N-methyl/N-ethyl adjacent to an activating group) is 1. The predicted octanol–water partition coefficient (Wildman–Crippen LogP) is 1.25. The number of carboxylic acids is 1. The van der Waals surface area contributed by atoms with E-state index < -0.39 is 5.97 Å². The number of carbonyl (C=O) groups excluding carboxylic acids is 1. The number of H-pyrrole nitrogens is 1. The molecular weight excluding hydrogens is 380 g/mol. The number of aromatic carboxylic acids is 1. The van der Waals surface area contributed by atoms with Gasteiger partial charge in [0, 0.05) is 23.3 Å². The molecule has 1 atom stereocenters. The number of hydrogen-bond donors (Lipinski definition) is 4. The van der Waals surface area contributed by atoms with E-state index in [1.165, 1.54) is 23.9 Å². The second-order valence-electron chi connectivity index (χ2n) is 6.79. The van der Waals surface area contributed by atoms with Gasteiger partial charge in [0.25, 0.3) is 5.78 Å². The molecule has 2 aromatic heterocycles. The van der Waals surface area contributed by atoms with Crippen molar-refractivity contribution in [1.82, 2.24) is 14.9 Å². The maximum atomic E-state index is 13.5. The summed E-state index contributed by atoms with van der Waals surface area (Å²) in [7, 11) is 3.81. The zero-order valence-electron chi connectivity index (χ0n) is 15.5. The monoisotopic (exact) mass is 399 g/mol. The van der Waals surface area contributed by atoms with Crippen LogP contribution in [0, 0.1) is 0 Å². The summed E-state index contributed by atoms with van der Waals surface area (Å²) >= 11 is 1.47. The molecule has 4 rings (SSSR count). The zero-order valence-corrected chi connectivity index (χ0v) is 16.3. The number of rotatable bonds is 4. The molecule has 144 valence electrons. The van der Waals surface area contributed by atoms with E-state index in [4.69, 9.17) is 0 Å². The third-order valence-corrected chi connectivity index (χ3v) is 5.79. The summed E-state index contributed by atoms with van der Waals surface area (Å²) in [5.74, 6) is -1.47. The van der Waals surface area contributed by atoms with Crippen LogP contribution in [0.25, 0.3) is 21.8 Å². The van der Waals surface area contributed by atoms with Gasteiger partial charge in [-0.15, -0.1) is 11.8 Å². The Morgan fingerprint density at radius 2 is 2.04 bits per heavy atom. The number of Topliss-reactive ketones (excluding diaryl/α,β-unsaturated/α-hetero) is 1. The van der Waals surface area contributed by atoms with Gasteiger partial charge in [-0.25, -0.2) is 9.78 Å². The van der Waals surface area contributed by atoms with Crippen molar-refractivity contribution < 1.29 is 24.7 Å². The van der Waals surface area contributed by atoms with Crippen LogP contribution < -0.4 is 4.90 Å². The Morgan fingerprint density at radius 1 is 1.29 bits per heavy atom. The summed E-state index contributed by atoms with van der Waals surface area (Å²) < 4.78 is 0. The normalized spacial score (nSPS) is 17.1. The molecule has 8 nitrogen and oxygen atoms in total. The lowest BCUT2D eigenvalue weighted by Crippen LogP contribution is -3.07. The minimum atomic E-state index is -1.21. The number of carboxylic acid groups (broad SMARTS) is 1. The molecule has 1 aliphatic rings. The van der Waals surface area contributed by atoms with E-state index in [1.807, 2.05) is 25.3 Å². The molecule has 1 aliphatic heterocycles. The summed E-state index contributed by atoms with van der Waals surface area (Å²) in [6.07, 6.45) is 1.90. The molecule has 0 amide bonds. The minimum Gasteiger partial charge on any atom is -0.508 e. The van der Waals surface area contributed by atoms with Gasteiger partial charge in [0.1, 0.15) is 22.2 Å². The molecule has 28 heavy (non-hydrogen) atoms. The number of carbonyl (C=O) groups is 2. The molecule has 3 aromatic rings. The van der Waals surface area contributed by atoms with E-state index in [-0.39, 0.29) is 22.9 Å². The molecule has 1 aromatic carbocycles. The quantitative estimate of drug-likeness (QED) is 0.489. The minimum absolute atomic E-state index is 0.0592. The summed E-state index contributed by atoms with van der Waals surface area (Å²) in [6.45, 7) is 0.638. The summed E-state index contributed by atoms with van der Waals surface area (Å²) in [5, 5.41) is 21.4. The maximum Gasteiger partial charge on any atom is 0.354 e. The van der Waals surface area contributed by atoms with Crippen LogP contribution in [0.4, 0.5) is 0 Å². The van der Waals surface area contributed by atoms with E-state index in [1.54, 1.807) is 12.1 Å². The summed E-state index contributed by atoms with van der Waals surface area (Å²) in [6, 6.07) is 6.19. The van der Waals surface area contributed by atoms with Crippen LogP contribution in [-0.4, -0.2) is 63.9 Å². The van der Waals surface area contributed by atoms with E-state index >= 15 is 0 Å². The lowest BCUT2D eigenvalue weighted by atomic mass is 10.1. The number of fused-ring (bicyclic) bond motifs is 3. The Kier molecular flexibility index (Phi) is 4.28. The first-order chi connectivity index (χ1) is 13.3. The van der Waals surface area contributed by atoms with Gasteiger partial charge >= 0.3 is 5.97 Å². The highest BCUT2D eigenvalue weighted by Crippen LogP contribution is 2.32. The number of nitrogens with zero attached hydrogens (tertiary/aromatic N) is 2. The maximum absolute atomic E-state index is 13.5. The Hall–Kier alpha value is -3.04. The van der Waals surface area contributed by atoms with E-state index in [0.717, 1.165) is 9.93 Å². The molecule has 0 fully saturated rings. The van der Waals surface area contributed by atoms with Crippen LogP contribution in [0.2, 0.25) is 0 Å². The topological polar surface area (TPSA) is 111 Å². The molecule has 4 N–H and O–H groups in total. The van der Waals surface area contributed by atoms with Crippen LogP contribution in [0.5, 0.6) is 5.75 Å². The number of pyridine rings is 1. The van der Waals surface area contributed by atoms with Gasteiger partial charge in [0.15, 0.2) is 6.67 Å². The van der Waals surface area contributed by atoms with Crippen LogP contribution in [0.1, 0.15) is 21.0 Å². The Bertz CT molecular complexity index is 1180. The number of aromatic amines is 1. The smallest absolute Gasteiger partial charge is 0.354 e. The fourth-order valence-electron chi connectivity index (χ4n) is 3.70. The number of aromatic nitrogens is 2. The van der Waals surface area contributed by atoms with Gasteiger partial charge in [-0.3, -0.25) is 9.69 Å². The first-order valence-electron chi connectivity index (χ1n) is 8.57. The van der Waals surface area contributed by atoms with Crippen LogP contribution >= 0.6 is 11.8 Å². The molecule has 0 bridgehead atoms. The van der Waals surface area contributed by atoms with E-state index in [2.05, 4.69) is 9.97 Å². The largest absolute Gasteiger partial charge is 0.508 e. The number of phenolic OH excluding ortho intramolecular Hbond substituents is 1. The molecule has 0 saturated carbocycles. The van der Waals surface area contributed by atoms with Gasteiger partial charge < -0.3 is 20.1 Å². The highest BCUT2D eigenvalue weighted by Gasteiger charge is 2.36. The van der Waals surface area contributed by atoms with Crippen LogP contribution in [0.15, 0.2) is 35.0 Å². The molecule has 9 heteroatoms. The van der Waals surface area contributed by atoms with Gasteiger partial charge in [-0.1, -0.05) is 0 Å². The Balaban J connectivity index is 2.03. The van der Waals surface area contributed by atoms with E-state index in [0.29, 0.717) is 34.2 Å². The first-order valence-corrected chi connectivity index (χ1v) is 9.80. The van der Waals surface area contributed by atoms with E-state index in [9.17, 15) is 19.8 Å². The average Bonchev–Trinajstić information content (AvgIpc) is 3.16. The Labute approximate surface area is 164 Å². The van der Waals surface area contributed by atoms with Crippen molar-refractivity contribution in [2.45, 2.75) is 0 Å². The second-order valence-corrected chi connectivity index (χ2v) is 7.58. The molecule has 1 unspecified atom stereocenters. The van der Waals surface area contributed by atoms with Crippen molar-refractivity contribution in [3.8, 4) is 5.75 Å². The summed E-state index contributed by atoms with van der Waals surface area (Å²) in [5.41, 5.74) is 1.57. The number of allylic oxidation sites excluding steroid dienone is 1. The van der Waals surface area contributed by atoms with Gasteiger partial charge in [-0.2, -0.15) is 0 Å². The highest BCUT2D eigenvalue weighted by molar-refractivity contribution is 8.02. The van der Waals surface area contributed by atoms with Crippen molar-refractivity contribution >= 4 is 45.3 Å². The third-order valence-electron chi connectivity index (χ3n) is 4.89. The number of benzene rings is 1. The molecule has 0 radical (unpaired) electrons. The second kappa shape index (κ2) is 6.54. The molecular formula is C19H19N4O4S+. The van der Waals surface area contributed by atoms with Crippen LogP contribution in [0.3, 0.4) is 0 Å². The number of ketones is 1. The third kappa shape index (κ3) is 2.71. The summed E-state index contributed by atoms with van der Waals surface area (Å²) in [4.78, 5) is 35.3. The molecule has 3 heterocycles. The Morgan fingerprint density at radius 3 is 2.71 bits per heavy atom. The fourth-order valence-corrected chi connectivity index (χ4v) is 4.55. The lowest BCUT2D eigenvalue weighted by Gasteiger charge is -2.10. The average molecular weight is 399 g/mol. The number of aromatic hydroxyl groups is 1. The van der Waals surface area contributed by atoms with Gasteiger partial charge in [-0.05, 0) is 30.5 Å². The van der Waals surface area contributed by atoms with Crippen molar-refractivity contribution in [3.05, 3.63) is 46.4 Å². The van der Waals surface area contributed by atoms with Crippen molar-refractivity contribution in [3.63, 3.8) is 0 Å². The van der Waals surface area contributed by atoms with Crippen molar-refractivity contribution in [2.24, 2.45) is 0 Å². The van der Waals surface area contributed by atoms with Crippen molar-refractivity contribution in [2.75, 3.05) is 27.0 Å². The van der Waals surface area contributed by atoms with Gasteiger partial charge in [0.05, 0.1) is 12.6 Å². The van der Waals surface area contributed by atoms with Crippen LogP contribution in [-0.2, 0) is 0 Å². The zero-order chi connectivity index (χ0) is 20.2. The molecule has 0 saturated heterocycles. The molecule has 0 aliphatic carbocycles. The number of nitrogens with one attached hydrogen (secondary N) is 2. The number of phenols is 1. The van der Waals surface area contributed by atoms with Gasteiger partial charge in [0.2, 0.25) is 5.70 Å². The fraction of sp³-hybridized carbons (Fsp3) is 0.211. The van der Waals surface area contributed by atoms with Crippen molar-refractivity contribution in [1.29, 1.82) is 0 Å². The number of hydrogen-bond acceptors (Lipinski definition) is 6. The first kappa shape index (κ1) is 18.3.